The number of aldehydes is 1. The summed E-state index contributed by atoms with van der Waals surface area (Å²) < 4.78 is 22.5. The first-order chi connectivity index (χ1) is 20.6. The van der Waals surface area contributed by atoms with Crippen LogP contribution in [-0.4, -0.2) is 48.7 Å². The number of rotatable bonds is 6. The fourth-order valence-corrected chi connectivity index (χ4v) is 6.40. The van der Waals surface area contributed by atoms with Crippen LogP contribution in [0, 0.1) is 6.92 Å². The van der Waals surface area contributed by atoms with Crippen LogP contribution in [0.15, 0.2) is 38.8 Å². The van der Waals surface area contributed by atoms with E-state index in [4.69, 9.17) is 18.9 Å². The number of thiophene rings is 3. The summed E-state index contributed by atoms with van der Waals surface area (Å²) in [7, 11) is 0. The van der Waals surface area contributed by atoms with Gasteiger partial charge in [-0.2, -0.15) is 6.42 Å². The van der Waals surface area contributed by atoms with E-state index < -0.39 is 11.2 Å². The molecule has 0 unspecified atom stereocenters. The molecule has 0 spiro atoms. The molecule has 2 fully saturated rings. The molecule has 256 valence electrons. The van der Waals surface area contributed by atoms with Crippen molar-refractivity contribution in [3.05, 3.63) is 71.5 Å². The molecule has 0 aromatic carbocycles. The first-order valence-electron chi connectivity index (χ1n) is 14.2. The molecular formula is C33H50BrLiO8S3. The molecule has 2 saturated heterocycles. The molecule has 3 aromatic rings. The quantitative estimate of drug-likeness (QED) is 0.173. The number of hydrogen-bond donors (Lipinski definition) is 2. The Morgan fingerprint density at radius 2 is 1.24 bits per heavy atom. The van der Waals surface area contributed by atoms with Gasteiger partial charge in [-0.15, -0.1) is 34.0 Å². The fraction of sp³-hybridized carbons (Fsp3) is 0.545. The summed E-state index contributed by atoms with van der Waals surface area (Å²) in [6.45, 7) is 18.4. The zero-order valence-corrected chi connectivity index (χ0v) is 31.6. The Morgan fingerprint density at radius 1 is 0.870 bits per heavy atom. The molecule has 0 amide bonds. The van der Waals surface area contributed by atoms with Crippen molar-refractivity contribution in [1.29, 1.82) is 0 Å². The third-order valence-electron chi connectivity index (χ3n) is 5.42. The van der Waals surface area contributed by atoms with Gasteiger partial charge in [0.15, 0.2) is 18.9 Å². The molecule has 2 aliphatic rings. The molecule has 0 bridgehead atoms. The second kappa shape index (κ2) is 24.4. The third kappa shape index (κ3) is 19.3. The van der Waals surface area contributed by atoms with Gasteiger partial charge in [0.1, 0.15) is 5.78 Å². The van der Waals surface area contributed by atoms with E-state index in [0.29, 0.717) is 31.3 Å². The Kier molecular flexibility index (Phi) is 25.2. The predicted molar refractivity (Wildman–Crippen MR) is 189 cm³/mol. The number of carbonyl (C=O) groups excluding carboxylic acids is 2. The maximum Gasteiger partial charge on any atom is 1.00 e. The van der Waals surface area contributed by atoms with Gasteiger partial charge < -0.3 is 40.9 Å². The Labute approximate surface area is 308 Å². The fourth-order valence-electron chi connectivity index (χ4n) is 3.03. The van der Waals surface area contributed by atoms with E-state index in [0.717, 1.165) is 38.1 Å². The first kappa shape index (κ1) is 47.4. The maximum absolute atomic E-state index is 10.3. The van der Waals surface area contributed by atoms with Crippen LogP contribution in [-0.2, 0) is 34.9 Å². The molecule has 13 heteroatoms. The minimum Gasteiger partial charge on any atom is -0.386 e. The maximum atomic E-state index is 10.3. The van der Waals surface area contributed by atoms with Crippen LogP contribution >= 0.6 is 49.9 Å². The number of ether oxygens (including phenoxy) is 4. The Hall–Kier alpha value is -0.723. The number of aliphatic hydroxyl groups is 2. The number of carbonyl (C=O) groups is 2. The predicted octanol–water partition coefficient (Wildman–Crippen LogP) is 6.22. The molecule has 8 nitrogen and oxygen atoms in total. The van der Waals surface area contributed by atoms with Crippen LogP contribution in [0.2, 0.25) is 0 Å². The van der Waals surface area contributed by atoms with Gasteiger partial charge in [-0.1, -0.05) is 20.8 Å². The number of Topliss-reactive ketones (excluding diaryl/α,β-unsaturated/α-hetero) is 1. The van der Waals surface area contributed by atoms with E-state index in [2.05, 4.69) is 29.8 Å². The van der Waals surface area contributed by atoms with Gasteiger partial charge in [0.2, 0.25) is 0 Å². The van der Waals surface area contributed by atoms with E-state index in [1.165, 1.54) is 31.6 Å². The molecule has 0 atom stereocenters. The van der Waals surface area contributed by atoms with Crippen molar-refractivity contribution >= 4 is 62.0 Å². The second-order valence-corrected chi connectivity index (χ2v) is 14.5. The van der Waals surface area contributed by atoms with Gasteiger partial charge in [-0.3, -0.25) is 4.79 Å². The summed E-state index contributed by atoms with van der Waals surface area (Å²) in [6, 6.07) is 5.68. The van der Waals surface area contributed by atoms with Crippen LogP contribution in [0.3, 0.4) is 0 Å². The molecule has 0 radical (unpaired) electrons. The summed E-state index contributed by atoms with van der Waals surface area (Å²) in [4.78, 5) is 22.5. The number of hydrogen-bond acceptors (Lipinski definition) is 11. The van der Waals surface area contributed by atoms with Crippen molar-refractivity contribution < 1.29 is 57.6 Å². The first-order valence-corrected chi connectivity index (χ1v) is 17.6. The Morgan fingerprint density at radius 3 is 1.52 bits per heavy atom. The van der Waals surface area contributed by atoms with Crippen LogP contribution in [0.5, 0.6) is 0 Å². The van der Waals surface area contributed by atoms with Crippen molar-refractivity contribution in [2.75, 3.05) is 26.4 Å². The van der Waals surface area contributed by atoms with Crippen LogP contribution < -0.4 is 18.9 Å². The summed E-state index contributed by atoms with van der Waals surface area (Å²) in [5.41, 5.74) is 0.0895. The van der Waals surface area contributed by atoms with E-state index in [1.54, 1.807) is 61.8 Å². The normalized spacial score (nSPS) is 14.4. The smallest absolute Gasteiger partial charge is 0.386 e. The molecule has 5 rings (SSSR count). The summed E-state index contributed by atoms with van der Waals surface area (Å²) in [5.74, 6) is 0.167. The zero-order chi connectivity index (χ0) is 33.3. The van der Waals surface area contributed by atoms with E-state index >= 15 is 0 Å². The van der Waals surface area contributed by atoms with Crippen molar-refractivity contribution in [2.24, 2.45) is 0 Å². The molecule has 3 aromatic heterocycles. The van der Waals surface area contributed by atoms with Crippen molar-refractivity contribution in [2.45, 2.75) is 92.5 Å². The van der Waals surface area contributed by atoms with Crippen molar-refractivity contribution in [1.82, 2.24) is 0 Å². The van der Waals surface area contributed by atoms with E-state index in [-0.39, 0.29) is 44.7 Å². The van der Waals surface area contributed by atoms with Crippen molar-refractivity contribution in [3.8, 4) is 0 Å². The monoisotopic (exact) mass is 756 g/mol. The van der Waals surface area contributed by atoms with Gasteiger partial charge in [-0.05, 0) is 97.6 Å². The average Bonchev–Trinajstić information content (AvgIpc) is 3.78. The average molecular weight is 758 g/mol. The van der Waals surface area contributed by atoms with Crippen molar-refractivity contribution in [3.63, 3.8) is 0 Å². The number of unbranched alkanes of at least 4 members (excludes halogenated alkanes) is 1. The largest absolute Gasteiger partial charge is 1.00 e. The molecule has 2 N–H and O–H groups in total. The Bertz CT molecular complexity index is 1210. The third-order valence-corrected chi connectivity index (χ3v) is 8.95. The summed E-state index contributed by atoms with van der Waals surface area (Å²) >= 11 is 7.94. The van der Waals surface area contributed by atoms with Crippen LogP contribution in [0.25, 0.3) is 0 Å². The molecule has 2 aliphatic heterocycles. The molecule has 5 heterocycles. The topological polar surface area (TPSA) is 112 Å². The Balaban J connectivity index is 0. The molecule has 46 heavy (non-hydrogen) atoms. The second-order valence-electron chi connectivity index (χ2n) is 10.8. The number of ketones is 1. The zero-order valence-electron chi connectivity index (χ0n) is 27.6. The van der Waals surface area contributed by atoms with Crippen LogP contribution in [0.1, 0.15) is 112 Å². The van der Waals surface area contributed by atoms with Gasteiger partial charge in [0.05, 0.1) is 52.3 Å². The van der Waals surface area contributed by atoms with Gasteiger partial charge in [0, 0.05) is 9.85 Å². The summed E-state index contributed by atoms with van der Waals surface area (Å²) in [5, 5.41) is 25.0. The molecule has 0 saturated carbocycles. The number of halogens is 1. The van der Waals surface area contributed by atoms with E-state index in [1.807, 2.05) is 22.9 Å². The van der Waals surface area contributed by atoms with Gasteiger partial charge in [-0.25, -0.2) is 0 Å². The van der Waals surface area contributed by atoms with Crippen LogP contribution in [0.4, 0.5) is 0 Å². The SMILES string of the molecule is Brc1csc(C2OCCO2)c1.C.CC(C)(O)c1csc(C2OCCO2)c1.CC(C)(O)c1csc(C=O)c1.CC(C)=O.[CH2-]CCC.[Li+]. The minimum absolute atomic E-state index is 0. The van der Waals surface area contributed by atoms with Gasteiger partial charge >= 0.3 is 18.9 Å². The molecule has 0 aliphatic carbocycles. The molecular weight excluding hydrogens is 707 g/mol. The minimum atomic E-state index is -0.836. The standard InChI is InChI=1S/C10H14O3S.C8H10O2S.C7H7BrO2S.C4H9.C3H6O.CH4.Li/c1-10(2,11)7-5-8(14-6-7)9-12-3-4-13-9;1-8(2,10)6-3-7(4-9)11-5-6;8-5-3-6(11-4-5)7-9-1-2-10-7;1-3-4-2;1-3(2)4;;/h5-6,9,11H,3-4H2,1-2H3;3-5,10H,1-2H3;3-4,7H,1-2H2;1,3-4H2,2H3;1-2H3;1H4;/q;;;-1;;;+1. The van der Waals surface area contributed by atoms with E-state index in [9.17, 15) is 19.8 Å². The summed E-state index contributed by atoms with van der Waals surface area (Å²) in [6.07, 6.45) is 2.72. The van der Waals surface area contributed by atoms with Gasteiger partial charge in [0.25, 0.3) is 0 Å².